The molecule has 2 bridgehead atoms. The molecule has 1 aromatic carbocycles. The lowest BCUT2D eigenvalue weighted by atomic mass is 10.0. The van der Waals surface area contributed by atoms with Crippen molar-refractivity contribution in [2.24, 2.45) is 0 Å². The highest BCUT2D eigenvalue weighted by Crippen LogP contribution is 2.39. The van der Waals surface area contributed by atoms with Crippen molar-refractivity contribution < 1.29 is 9.53 Å². The van der Waals surface area contributed by atoms with Crippen LogP contribution < -0.4 is 4.74 Å². The van der Waals surface area contributed by atoms with Crippen LogP contribution in [0.3, 0.4) is 0 Å². The highest BCUT2D eigenvalue weighted by molar-refractivity contribution is 9.10. The SMILES string of the molecule is O=C(c1[nH]nc2c1COc1cc(Br)ccc1-2)N1CCN2CCC1CC2. The van der Waals surface area contributed by atoms with Gasteiger partial charge in [-0.25, -0.2) is 0 Å². The number of halogens is 1. The van der Waals surface area contributed by atoms with E-state index in [9.17, 15) is 4.79 Å². The van der Waals surface area contributed by atoms with Gasteiger partial charge >= 0.3 is 0 Å². The molecule has 3 saturated heterocycles. The van der Waals surface area contributed by atoms with Gasteiger partial charge in [-0.15, -0.1) is 0 Å². The van der Waals surface area contributed by atoms with Gasteiger partial charge in [0.1, 0.15) is 23.7 Å². The number of nitrogens with zero attached hydrogens (tertiary/aromatic N) is 3. The van der Waals surface area contributed by atoms with Gasteiger partial charge in [-0.1, -0.05) is 15.9 Å². The van der Waals surface area contributed by atoms with Crippen LogP contribution in [-0.2, 0) is 6.61 Å². The predicted octanol–water partition coefficient (Wildman–Crippen LogP) is 2.65. The fraction of sp³-hybridized carbons (Fsp3) is 0.444. The van der Waals surface area contributed by atoms with E-state index in [0.717, 1.165) is 66.1 Å². The summed E-state index contributed by atoms with van der Waals surface area (Å²) in [7, 11) is 0. The van der Waals surface area contributed by atoms with Gasteiger partial charge in [-0.2, -0.15) is 5.10 Å². The number of hydrogen-bond acceptors (Lipinski definition) is 4. The van der Waals surface area contributed by atoms with Gasteiger partial charge in [-0.05, 0) is 31.0 Å². The number of aromatic amines is 1. The van der Waals surface area contributed by atoms with Crippen LogP contribution in [0.5, 0.6) is 5.75 Å². The van der Waals surface area contributed by atoms with E-state index in [2.05, 4.69) is 31.0 Å². The molecule has 4 aliphatic rings. The second kappa shape index (κ2) is 5.85. The van der Waals surface area contributed by atoms with Crippen molar-refractivity contribution in [1.29, 1.82) is 0 Å². The molecular formula is C18H19BrN4O2. The molecule has 0 saturated carbocycles. The Hall–Kier alpha value is -1.86. The van der Waals surface area contributed by atoms with Gasteiger partial charge in [0, 0.05) is 47.8 Å². The third-order valence-corrected chi connectivity index (χ3v) is 6.06. The number of hydrogen-bond donors (Lipinski definition) is 1. The molecule has 6 nitrogen and oxygen atoms in total. The maximum Gasteiger partial charge on any atom is 0.272 e. The van der Waals surface area contributed by atoms with Crippen LogP contribution in [0.1, 0.15) is 28.9 Å². The summed E-state index contributed by atoms with van der Waals surface area (Å²) < 4.78 is 6.85. The molecule has 0 unspecified atom stereocenters. The molecule has 3 fully saturated rings. The van der Waals surface area contributed by atoms with Crippen molar-refractivity contribution in [3.8, 4) is 17.0 Å². The Bertz CT molecular complexity index is 842. The first-order chi connectivity index (χ1) is 12.2. The smallest absolute Gasteiger partial charge is 0.272 e. The van der Waals surface area contributed by atoms with Crippen LogP contribution in [0.15, 0.2) is 22.7 Å². The summed E-state index contributed by atoms with van der Waals surface area (Å²) in [6.07, 6.45) is 2.13. The number of piperidine rings is 1. The highest BCUT2D eigenvalue weighted by atomic mass is 79.9. The normalized spacial score (nSPS) is 24.3. The Morgan fingerprint density at radius 2 is 2.08 bits per heavy atom. The van der Waals surface area contributed by atoms with Gasteiger partial charge < -0.3 is 14.5 Å². The van der Waals surface area contributed by atoms with Gasteiger partial charge in [-0.3, -0.25) is 9.89 Å². The Kier molecular flexibility index (Phi) is 3.60. The predicted molar refractivity (Wildman–Crippen MR) is 96.6 cm³/mol. The Labute approximate surface area is 154 Å². The molecule has 7 heteroatoms. The fourth-order valence-electron chi connectivity index (χ4n) is 4.16. The summed E-state index contributed by atoms with van der Waals surface area (Å²) in [5.41, 5.74) is 3.23. The number of nitrogens with one attached hydrogen (secondary N) is 1. The Morgan fingerprint density at radius 1 is 1.24 bits per heavy atom. The van der Waals surface area contributed by atoms with Crippen molar-refractivity contribution >= 4 is 21.8 Å². The maximum atomic E-state index is 13.2. The summed E-state index contributed by atoms with van der Waals surface area (Å²) >= 11 is 3.46. The van der Waals surface area contributed by atoms with E-state index in [0.29, 0.717) is 18.3 Å². The third-order valence-electron chi connectivity index (χ3n) is 5.57. The molecule has 0 atom stereocenters. The zero-order chi connectivity index (χ0) is 17.0. The molecule has 2 aromatic rings. The van der Waals surface area contributed by atoms with E-state index in [-0.39, 0.29) is 5.91 Å². The second-order valence-electron chi connectivity index (χ2n) is 6.93. The molecule has 0 aliphatic carbocycles. The molecule has 1 aromatic heterocycles. The zero-order valence-electron chi connectivity index (χ0n) is 13.8. The number of fused-ring (bicyclic) bond motifs is 7. The molecular weight excluding hydrogens is 384 g/mol. The summed E-state index contributed by atoms with van der Waals surface area (Å²) in [5.74, 6) is 0.861. The average Bonchev–Trinajstić information content (AvgIpc) is 2.83. The zero-order valence-corrected chi connectivity index (χ0v) is 15.4. The van der Waals surface area contributed by atoms with E-state index in [1.54, 1.807) is 0 Å². The first kappa shape index (κ1) is 15.4. The van der Waals surface area contributed by atoms with E-state index in [1.165, 1.54) is 0 Å². The number of benzene rings is 1. The number of carbonyl (C=O) groups is 1. The van der Waals surface area contributed by atoms with Gasteiger partial charge in [0.2, 0.25) is 0 Å². The first-order valence-electron chi connectivity index (χ1n) is 8.74. The molecule has 25 heavy (non-hydrogen) atoms. The average molecular weight is 403 g/mol. The molecule has 0 radical (unpaired) electrons. The summed E-state index contributed by atoms with van der Waals surface area (Å²) in [6, 6.07) is 6.23. The third kappa shape index (κ3) is 2.48. The van der Waals surface area contributed by atoms with Gasteiger partial charge in [0.15, 0.2) is 0 Å². The first-order valence-corrected chi connectivity index (χ1v) is 9.53. The van der Waals surface area contributed by atoms with Crippen molar-refractivity contribution in [2.45, 2.75) is 25.5 Å². The minimum Gasteiger partial charge on any atom is -0.488 e. The van der Waals surface area contributed by atoms with Crippen LogP contribution >= 0.6 is 15.9 Å². The molecule has 1 N–H and O–H groups in total. The van der Waals surface area contributed by atoms with Crippen LogP contribution in [0.25, 0.3) is 11.3 Å². The topological polar surface area (TPSA) is 61.5 Å². The summed E-state index contributed by atoms with van der Waals surface area (Å²) in [4.78, 5) is 17.7. The van der Waals surface area contributed by atoms with E-state index < -0.39 is 0 Å². The number of carbonyl (C=O) groups excluding carboxylic acids is 1. The van der Waals surface area contributed by atoms with E-state index in [1.807, 2.05) is 23.1 Å². The number of ether oxygens (including phenoxy) is 1. The lowest BCUT2D eigenvalue weighted by Gasteiger charge is -2.31. The van der Waals surface area contributed by atoms with Crippen LogP contribution in [0.2, 0.25) is 0 Å². The number of aromatic nitrogens is 2. The van der Waals surface area contributed by atoms with Crippen LogP contribution in [0.4, 0.5) is 0 Å². The number of H-pyrrole nitrogens is 1. The Morgan fingerprint density at radius 3 is 2.92 bits per heavy atom. The van der Waals surface area contributed by atoms with Crippen molar-refractivity contribution in [2.75, 3.05) is 26.2 Å². The molecule has 1 amide bonds. The Balaban J connectivity index is 1.50. The lowest BCUT2D eigenvalue weighted by Crippen LogP contribution is -2.42. The summed E-state index contributed by atoms with van der Waals surface area (Å²) in [5, 5.41) is 7.45. The molecule has 5 heterocycles. The van der Waals surface area contributed by atoms with Crippen molar-refractivity contribution in [3.63, 3.8) is 0 Å². The van der Waals surface area contributed by atoms with Crippen LogP contribution in [0, 0.1) is 0 Å². The molecule has 4 aliphatic heterocycles. The van der Waals surface area contributed by atoms with Crippen LogP contribution in [-0.4, -0.2) is 58.1 Å². The minimum absolute atomic E-state index is 0.0617. The summed E-state index contributed by atoms with van der Waals surface area (Å²) in [6.45, 7) is 4.33. The molecule has 6 rings (SSSR count). The van der Waals surface area contributed by atoms with E-state index >= 15 is 0 Å². The maximum absolute atomic E-state index is 13.2. The molecule has 0 spiro atoms. The fourth-order valence-corrected chi connectivity index (χ4v) is 4.50. The van der Waals surface area contributed by atoms with E-state index in [4.69, 9.17) is 4.74 Å². The minimum atomic E-state index is 0.0617. The molecule has 130 valence electrons. The van der Waals surface area contributed by atoms with Crippen molar-refractivity contribution in [3.05, 3.63) is 33.9 Å². The lowest BCUT2D eigenvalue weighted by molar-refractivity contribution is 0.0676. The highest BCUT2D eigenvalue weighted by Gasteiger charge is 2.35. The van der Waals surface area contributed by atoms with Crippen molar-refractivity contribution in [1.82, 2.24) is 20.0 Å². The largest absolute Gasteiger partial charge is 0.488 e. The number of amides is 1. The quantitative estimate of drug-likeness (QED) is 0.796. The second-order valence-corrected chi connectivity index (χ2v) is 7.84. The monoisotopic (exact) mass is 402 g/mol. The van der Waals surface area contributed by atoms with Gasteiger partial charge in [0.25, 0.3) is 5.91 Å². The standard InChI is InChI=1S/C18H19BrN4O2/c19-11-1-2-13-15(9-11)25-10-14-16(13)20-21-17(14)18(24)23-8-7-22-5-3-12(23)4-6-22/h1-2,9,12H,3-8,10H2,(H,20,21). The number of rotatable bonds is 1. The van der Waals surface area contributed by atoms with Gasteiger partial charge in [0.05, 0.1) is 0 Å².